The predicted molar refractivity (Wildman–Crippen MR) is 123 cm³/mol. The zero-order valence-corrected chi connectivity index (χ0v) is 18.3. The Morgan fingerprint density at radius 3 is 2.45 bits per heavy atom. The van der Waals surface area contributed by atoms with Gasteiger partial charge in [-0.25, -0.2) is 9.97 Å². The summed E-state index contributed by atoms with van der Waals surface area (Å²) in [7, 11) is 0. The Hall–Kier alpha value is -3.41. The third-order valence-electron chi connectivity index (χ3n) is 5.46. The van der Waals surface area contributed by atoms with E-state index in [0.29, 0.717) is 24.0 Å². The van der Waals surface area contributed by atoms with E-state index in [1.807, 2.05) is 57.2 Å². The van der Waals surface area contributed by atoms with Crippen molar-refractivity contribution in [2.45, 2.75) is 33.6 Å². The third kappa shape index (κ3) is 5.20. The summed E-state index contributed by atoms with van der Waals surface area (Å²) in [5, 5.41) is 3.09. The van der Waals surface area contributed by atoms with Gasteiger partial charge in [-0.1, -0.05) is 23.8 Å². The van der Waals surface area contributed by atoms with Gasteiger partial charge in [-0.2, -0.15) is 0 Å². The molecule has 6 heteroatoms. The van der Waals surface area contributed by atoms with Crippen LogP contribution in [0, 0.1) is 26.7 Å². The van der Waals surface area contributed by atoms with Crippen LogP contribution in [-0.2, 0) is 4.79 Å². The first-order chi connectivity index (χ1) is 15.0. The highest BCUT2D eigenvalue weighted by molar-refractivity contribution is 5.93. The van der Waals surface area contributed by atoms with E-state index in [0.717, 1.165) is 36.2 Å². The third-order valence-corrected chi connectivity index (χ3v) is 5.46. The van der Waals surface area contributed by atoms with E-state index in [9.17, 15) is 4.79 Å². The maximum absolute atomic E-state index is 13.0. The van der Waals surface area contributed by atoms with Crippen molar-refractivity contribution in [3.05, 3.63) is 71.5 Å². The van der Waals surface area contributed by atoms with Gasteiger partial charge in [0.2, 0.25) is 5.91 Å². The van der Waals surface area contributed by atoms with Crippen LogP contribution in [0.1, 0.15) is 29.5 Å². The molecule has 0 aliphatic carbocycles. The highest BCUT2D eigenvalue weighted by atomic mass is 16.5. The number of nitrogens with one attached hydrogen (secondary N) is 1. The molecule has 1 aliphatic heterocycles. The summed E-state index contributed by atoms with van der Waals surface area (Å²) in [5.41, 5.74) is 4.29. The summed E-state index contributed by atoms with van der Waals surface area (Å²) >= 11 is 0. The minimum atomic E-state index is -0.121. The molecule has 0 bridgehead atoms. The molecule has 1 amide bonds. The molecule has 0 saturated carbocycles. The summed E-state index contributed by atoms with van der Waals surface area (Å²) in [4.78, 5) is 24.0. The zero-order chi connectivity index (χ0) is 21.8. The van der Waals surface area contributed by atoms with Gasteiger partial charge in [-0.15, -0.1) is 0 Å². The zero-order valence-electron chi connectivity index (χ0n) is 18.3. The van der Waals surface area contributed by atoms with Crippen molar-refractivity contribution in [1.29, 1.82) is 0 Å². The molecule has 4 rings (SSSR count). The van der Waals surface area contributed by atoms with Gasteiger partial charge in [0.1, 0.15) is 5.75 Å². The number of benzene rings is 2. The van der Waals surface area contributed by atoms with E-state index < -0.39 is 0 Å². The molecule has 1 N–H and O–H groups in total. The van der Waals surface area contributed by atoms with Gasteiger partial charge in [0, 0.05) is 31.2 Å². The number of ether oxygens (including phenoxy) is 1. The lowest BCUT2D eigenvalue weighted by Crippen LogP contribution is -2.41. The fourth-order valence-corrected chi connectivity index (χ4v) is 4.00. The van der Waals surface area contributed by atoms with E-state index >= 15 is 0 Å². The quantitative estimate of drug-likeness (QED) is 0.630. The Morgan fingerprint density at radius 1 is 1.00 bits per heavy atom. The summed E-state index contributed by atoms with van der Waals surface area (Å²) in [6.07, 6.45) is 5.05. The van der Waals surface area contributed by atoms with E-state index in [2.05, 4.69) is 26.3 Å². The van der Waals surface area contributed by atoms with Crippen molar-refractivity contribution in [3.8, 4) is 11.6 Å². The van der Waals surface area contributed by atoms with Gasteiger partial charge >= 0.3 is 0 Å². The Bertz CT molecular complexity index is 1050. The summed E-state index contributed by atoms with van der Waals surface area (Å²) in [5.74, 6) is 1.77. The van der Waals surface area contributed by atoms with Crippen LogP contribution < -0.4 is 15.0 Å². The van der Waals surface area contributed by atoms with Crippen molar-refractivity contribution in [2.24, 2.45) is 5.92 Å². The first-order valence-corrected chi connectivity index (χ1v) is 10.7. The van der Waals surface area contributed by atoms with Crippen molar-refractivity contribution < 1.29 is 9.53 Å². The minimum absolute atomic E-state index is 0.0413. The number of anilines is 2. The Kier molecular flexibility index (Phi) is 6.16. The molecule has 0 spiro atoms. The van der Waals surface area contributed by atoms with Gasteiger partial charge in [0.25, 0.3) is 5.88 Å². The van der Waals surface area contributed by atoms with Gasteiger partial charge < -0.3 is 15.0 Å². The number of amides is 1. The van der Waals surface area contributed by atoms with Crippen molar-refractivity contribution in [2.75, 3.05) is 23.3 Å². The van der Waals surface area contributed by atoms with E-state index in [-0.39, 0.29) is 11.8 Å². The van der Waals surface area contributed by atoms with E-state index in [1.165, 1.54) is 5.56 Å². The molecule has 6 nitrogen and oxygen atoms in total. The SMILES string of the molecule is Cc1ccc(Oc2nccnc2N2CCC[C@H](C(=O)Nc3cc(C)cc(C)c3)C2)cc1. The molecule has 1 aliphatic rings. The van der Waals surface area contributed by atoms with Crippen molar-refractivity contribution in [3.63, 3.8) is 0 Å². The lowest BCUT2D eigenvalue weighted by Gasteiger charge is -2.33. The second-order valence-corrected chi connectivity index (χ2v) is 8.25. The maximum atomic E-state index is 13.0. The van der Waals surface area contributed by atoms with Crippen LogP contribution in [0.3, 0.4) is 0 Å². The molecule has 160 valence electrons. The standard InChI is InChI=1S/C25H28N4O2/c1-17-6-8-22(9-7-17)31-25-23(26-10-11-27-25)29-12-4-5-20(16-29)24(30)28-21-14-18(2)13-19(3)15-21/h6-11,13-15,20H,4-5,12,16H2,1-3H3,(H,28,30)/t20-/m0/s1. The summed E-state index contributed by atoms with van der Waals surface area (Å²) < 4.78 is 6.02. The number of carbonyl (C=O) groups excluding carboxylic acids is 1. The lowest BCUT2D eigenvalue weighted by molar-refractivity contribution is -0.120. The van der Waals surface area contributed by atoms with Crippen molar-refractivity contribution >= 4 is 17.4 Å². The first kappa shape index (κ1) is 20.8. The van der Waals surface area contributed by atoms with Crippen LogP contribution in [0.4, 0.5) is 11.5 Å². The fourth-order valence-electron chi connectivity index (χ4n) is 4.00. The second kappa shape index (κ2) is 9.16. The minimum Gasteiger partial charge on any atom is -0.436 e. The number of nitrogens with zero attached hydrogens (tertiary/aromatic N) is 3. The normalized spacial score (nSPS) is 16.1. The Balaban J connectivity index is 1.48. The second-order valence-electron chi connectivity index (χ2n) is 8.25. The molecule has 1 fully saturated rings. The number of aryl methyl sites for hydroxylation is 3. The van der Waals surface area contributed by atoms with Crippen LogP contribution >= 0.6 is 0 Å². The molecular formula is C25H28N4O2. The molecule has 31 heavy (non-hydrogen) atoms. The predicted octanol–water partition coefficient (Wildman–Crippen LogP) is 5.05. The molecular weight excluding hydrogens is 388 g/mol. The molecule has 3 aromatic rings. The first-order valence-electron chi connectivity index (χ1n) is 10.7. The monoisotopic (exact) mass is 416 g/mol. The topological polar surface area (TPSA) is 67.4 Å². The number of hydrogen-bond donors (Lipinski definition) is 1. The van der Waals surface area contributed by atoms with Crippen molar-refractivity contribution in [1.82, 2.24) is 9.97 Å². The molecule has 0 radical (unpaired) electrons. The Labute approximate surface area is 183 Å². The fraction of sp³-hybridized carbons (Fsp3) is 0.320. The molecule has 2 heterocycles. The van der Waals surface area contributed by atoms with E-state index in [1.54, 1.807) is 12.4 Å². The number of hydrogen-bond acceptors (Lipinski definition) is 5. The Morgan fingerprint density at radius 2 is 1.71 bits per heavy atom. The van der Waals surface area contributed by atoms with Crippen LogP contribution in [0.5, 0.6) is 11.6 Å². The van der Waals surface area contributed by atoms with Gasteiger partial charge in [0.05, 0.1) is 5.92 Å². The maximum Gasteiger partial charge on any atom is 0.263 e. The number of piperidine rings is 1. The molecule has 0 unspecified atom stereocenters. The largest absolute Gasteiger partial charge is 0.436 e. The summed E-state index contributed by atoms with van der Waals surface area (Å²) in [6.45, 7) is 7.51. The van der Waals surface area contributed by atoms with Gasteiger partial charge in [0.15, 0.2) is 5.82 Å². The highest BCUT2D eigenvalue weighted by Crippen LogP contribution is 2.31. The molecule has 1 saturated heterocycles. The van der Waals surface area contributed by atoms with Crippen LogP contribution in [0.25, 0.3) is 0 Å². The van der Waals surface area contributed by atoms with Gasteiger partial charge in [-0.05, 0) is 69.0 Å². The molecule has 2 aromatic carbocycles. The van der Waals surface area contributed by atoms with Crippen LogP contribution in [-0.4, -0.2) is 29.0 Å². The van der Waals surface area contributed by atoms with E-state index in [4.69, 9.17) is 4.74 Å². The molecule has 1 atom stereocenters. The number of aromatic nitrogens is 2. The highest BCUT2D eigenvalue weighted by Gasteiger charge is 2.28. The molecule has 1 aromatic heterocycles. The van der Waals surface area contributed by atoms with Gasteiger partial charge in [-0.3, -0.25) is 4.79 Å². The average molecular weight is 417 g/mol. The smallest absolute Gasteiger partial charge is 0.263 e. The average Bonchev–Trinajstić information content (AvgIpc) is 2.75. The van der Waals surface area contributed by atoms with Crippen LogP contribution in [0.15, 0.2) is 54.9 Å². The number of rotatable bonds is 5. The lowest BCUT2D eigenvalue weighted by atomic mass is 9.97. The number of carbonyl (C=O) groups is 1. The van der Waals surface area contributed by atoms with Crippen LogP contribution in [0.2, 0.25) is 0 Å². The summed E-state index contributed by atoms with van der Waals surface area (Å²) in [6, 6.07) is 13.9.